The highest BCUT2D eigenvalue weighted by Crippen LogP contribution is 2.23. The van der Waals surface area contributed by atoms with Crippen molar-refractivity contribution in [2.75, 3.05) is 29.9 Å². The average Bonchev–Trinajstić information content (AvgIpc) is 2.68. The van der Waals surface area contributed by atoms with Gasteiger partial charge in [-0.3, -0.25) is 0 Å². The summed E-state index contributed by atoms with van der Waals surface area (Å²) in [6.07, 6.45) is 2.94. The van der Waals surface area contributed by atoms with E-state index in [1.54, 1.807) is 0 Å². The van der Waals surface area contributed by atoms with Gasteiger partial charge in [-0.25, -0.2) is 9.78 Å². The zero-order valence-corrected chi connectivity index (χ0v) is 16.8. The van der Waals surface area contributed by atoms with Crippen LogP contribution in [0.1, 0.15) is 44.2 Å². The number of nitrogens with zero attached hydrogens (tertiary/aromatic N) is 3. The van der Waals surface area contributed by atoms with Crippen molar-refractivity contribution in [3.05, 3.63) is 53.7 Å². The van der Waals surface area contributed by atoms with E-state index in [-0.39, 0.29) is 12.1 Å². The molecular weight excluding hydrogens is 336 g/mol. The summed E-state index contributed by atoms with van der Waals surface area (Å²) in [5.41, 5.74) is 3.33. The monoisotopic (exact) mass is 366 g/mol. The Morgan fingerprint density at radius 2 is 2.00 bits per heavy atom. The second kappa shape index (κ2) is 8.42. The summed E-state index contributed by atoms with van der Waals surface area (Å²) in [6, 6.07) is 12.3. The van der Waals surface area contributed by atoms with E-state index in [1.165, 1.54) is 11.1 Å². The van der Waals surface area contributed by atoms with Crippen molar-refractivity contribution in [1.82, 2.24) is 9.88 Å². The molecule has 1 fully saturated rings. The number of rotatable bonds is 4. The molecule has 27 heavy (non-hydrogen) atoms. The lowest BCUT2D eigenvalue weighted by atomic mass is 9.99. The number of benzene rings is 1. The number of aryl methyl sites for hydroxylation is 1. The molecule has 0 saturated carbocycles. The van der Waals surface area contributed by atoms with Crippen LogP contribution in [0.25, 0.3) is 0 Å². The van der Waals surface area contributed by atoms with Gasteiger partial charge in [-0.05, 0) is 55.5 Å². The SMILES string of the molecule is CCC(C)c1ccc(NC(=O)N2CCN(c3ncccc3C)C[C@H]2C)cc1. The van der Waals surface area contributed by atoms with Gasteiger partial charge in [0, 0.05) is 37.6 Å². The fourth-order valence-electron chi connectivity index (χ4n) is 3.59. The molecule has 2 aromatic rings. The number of carbonyl (C=O) groups is 1. The Bertz CT molecular complexity index is 774. The van der Waals surface area contributed by atoms with Crippen LogP contribution in [0.15, 0.2) is 42.6 Å². The van der Waals surface area contributed by atoms with Crippen LogP contribution in [0.5, 0.6) is 0 Å². The quantitative estimate of drug-likeness (QED) is 0.857. The standard InChI is InChI=1S/C22H30N4O/c1-5-16(2)19-8-10-20(11-9-19)24-22(27)26-14-13-25(15-18(26)4)21-17(3)7-6-12-23-21/h6-12,16,18H,5,13-15H2,1-4H3,(H,24,27)/t16?,18-/m1/s1. The third-order valence-electron chi connectivity index (χ3n) is 5.51. The van der Waals surface area contributed by atoms with E-state index >= 15 is 0 Å². The molecule has 2 heterocycles. The summed E-state index contributed by atoms with van der Waals surface area (Å²) in [6.45, 7) is 10.9. The van der Waals surface area contributed by atoms with E-state index in [1.807, 2.05) is 29.3 Å². The van der Waals surface area contributed by atoms with E-state index in [2.05, 4.69) is 61.1 Å². The smallest absolute Gasteiger partial charge is 0.322 e. The second-order valence-electron chi connectivity index (χ2n) is 7.49. The number of anilines is 2. The van der Waals surface area contributed by atoms with Gasteiger partial charge in [-0.15, -0.1) is 0 Å². The molecule has 0 aliphatic carbocycles. The van der Waals surface area contributed by atoms with Gasteiger partial charge in [-0.2, -0.15) is 0 Å². The number of urea groups is 1. The first-order valence-electron chi connectivity index (χ1n) is 9.83. The van der Waals surface area contributed by atoms with Gasteiger partial charge >= 0.3 is 6.03 Å². The maximum Gasteiger partial charge on any atom is 0.322 e. The molecule has 1 aromatic carbocycles. The number of hydrogen-bond donors (Lipinski definition) is 1. The molecule has 3 rings (SSSR count). The van der Waals surface area contributed by atoms with Gasteiger partial charge in [0.1, 0.15) is 5.82 Å². The van der Waals surface area contributed by atoms with Crippen LogP contribution >= 0.6 is 0 Å². The number of nitrogens with one attached hydrogen (secondary N) is 1. The first-order valence-corrected chi connectivity index (χ1v) is 9.83. The van der Waals surface area contributed by atoms with E-state index in [9.17, 15) is 4.79 Å². The molecule has 1 N–H and O–H groups in total. The Hall–Kier alpha value is -2.56. The first kappa shape index (κ1) is 19.2. The van der Waals surface area contributed by atoms with Crippen LogP contribution in [-0.4, -0.2) is 41.6 Å². The van der Waals surface area contributed by atoms with Gasteiger partial charge in [0.2, 0.25) is 0 Å². The van der Waals surface area contributed by atoms with Crippen LogP contribution < -0.4 is 10.2 Å². The summed E-state index contributed by atoms with van der Waals surface area (Å²) in [7, 11) is 0. The zero-order valence-electron chi connectivity index (χ0n) is 16.8. The lowest BCUT2D eigenvalue weighted by Gasteiger charge is -2.40. The Morgan fingerprint density at radius 3 is 2.63 bits per heavy atom. The minimum Gasteiger partial charge on any atom is -0.353 e. The van der Waals surface area contributed by atoms with Gasteiger partial charge in [0.25, 0.3) is 0 Å². The molecule has 1 aromatic heterocycles. The third kappa shape index (κ3) is 4.41. The van der Waals surface area contributed by atoms with Crippen molar-refractivity contribution < 1.29 is 4.79 Å². The number of amides is 2. The number of carbonyl (C=O) groups excluding carboxylic acids is 1. The molecule has 1 saturated heterocycles. The molecule has 2 amide bonds. The van der Waals surface area contributed by atoms with E-state index in [0.717, 1.165) is 31.0 Å². The fourth-order valence-corrected chi connectivity index (χ4v) is 3.59. The van der Waals surface area contributed by atoms with Gasteiger partial charge in [-0.1, -0.05) is 32.0 Å². The summed E-state index contributed by atoms with van der Waals surface area (Å²) >= 11 is 0. The minimum atomic E-state index is -0.0313. The molecule has 2 atom stereocenters. The van der Waals surface area contributed by atoms with Crippen molar-refractivity contribution in [2.24, 2.45) is 0 Å². The summed E-state index contributed by atoms with van der Waals surface area (Å²) in [4.78, 5) is 21.4. The number of piperazine rings is 1. The van der Waals surface area contributed by atoms with Gasteiger partial charge in [0.15, 0.2) is 0 Å². The molecule has 1 aliphatic rings. The topological polar surface area (TPSA) is 48.5 Å². The van der Waals surface area contributed by atoms with Crippen LogP contribution in [-0.2, 0) is 0 Å². The third-order valence-corrected chi connectivity index (χ3v) is 5.51. The Morgan fingerprint density at radius 1 is 1.26 bits per heavy atom. The lowest BCUT2D eigenvalue weighted by Crippen LogP contribution is -2.55. The molecular formula is C22H30N4O. The first-order chi connectivity index (χ1) is 13.0. The highest BCUT2D eigenvalue weighted by molar-refractivity contribution is 5.89. The van der Waals surface area contributed by atoms with Crippen molar-refractivity contribution in [3.8, 4) is 0 Å². The summed E-state index contributed by atoms with van der Waals surface area (Å²) < 4.78 is 0. The Balaban J connectivity index is 1.61. The molecule has 5 heteroatoms. The van der Waals surface area contributed by atoms with Crippen LogP contribution in [0.4, 0.5) is 16.3 Å². The van der Waals surface area contributed by atoms with Gasteiger partial charge in [0.05, 0.1) is 0 Å². The molecule has 5 nitrogen and oxygen atoms in total. The van der Waals surface area contributed by atoms with E-state index in [4.69, 9.17) is 0 Å². The highest BCUT2D eigenvalue weighted by atomic mass is 16.2. The molecule has 0 radical (unpaired) electrons. The molecule has 1 aliphatic heterocycles. The maximum absolute atomic E-state index is 12.7. The molecule has 0 bridgehead atoms. The normalized spacial score (nSPS) is 18.3. The zero-order chi connectivity index (χ0) is 19.4. The fraction of sp³-hybridized carbons (Fsp3) is 0.455. The number of pyridine rings is 1. The largest absolute Gasteiger partial charge is 0.353 e. The van der Waals surface area contributed by atoms with Crippen molar-refractivity contribution in [1.29, 1.82) is 0 Å². The highest BCUT2D eigenvalue weighted by Gasteiger charge is 2.28. The van der Waals surface area contributed by atoms with Crippen molar-refractivity contribution in [2.45, 2.75) is 46.1 Å². The molecule has 1 unspecified atom stereocenters. The summed E-state index contributed by atoms with van der Waals surface area (Å²) in [5, 5.41) is 3.05. The van der Waals surface area contributed by atoms with Crippen LogP contribution in [0.2, 0.25) is 0 Å². The Labute approximate surface area is 162 Å². The van der Waals surface area contributed by atoms with Crippen molar-refractivity contribution in [3.63, 3.8) is 0 Å². The van der Waals surface area contributed by atoms with Crippen LogP contribution in [0.3, 0.4) is 0 Å². The van der Waals surface area contributed by atoms with E-state index < -0.39 is 0 Å². The average molecular weight is 367 g/mol. The Kier molecular flexibility index (Phi) is 5.99. The lowest BCUT2D eigenvalue weighted by molar-refractivity contribution is 0.184. The van der Waals surface area contributed by atoms with Gasteiger partial charge < -0.3 is 15.1 Å². The molecule has 144 valence electrons. The predicted octanol–water partition coefficient (Wildman–Crippen LogP) is 4.65. The number of aromatic nitrogens is 1. The maximum atomic E-state index is 12.7. The second-order valence-corrected chi connectivity index (χ2v) is 7.49. The minimum absolute atomic E-state index is 0.0313. The summed E-state index contributed by atoms with van der Waals surface area (Å²) in [5.74, 6) is 1.56. The van der Waals surface area contributed by atoms with Crippen LogP contribution in [0, 0.1) is 6.92 Å². The number of hydrogen-bond acceptors (Lipinski definition) is 3. The molecule has 0 spiro atoms. The van der Waals surface area contributed by atoms with Crippen molar-refractivity contribution >= 4 is 17.5 Å². The predicted molar refractivity (Wildman–Crippen MR) is 112 cm³/mol. The van der Waals surface area contributed by atoms with E-state index in [0.29, 0.717) is 12.5 Å².